The van der Waals surface area contributed by atoms with Crippen LogP contribution in [0.15, 0.2) is 29.4 Å². The van der Waals surface area contributed by atoms with E-state index in [1.165, 1.54) is 6.42 Å². The van der Waals surface area contributed by atoms with Crippen LogP contribution in [0.4, 0.5) is 10.5 Å². The van der Waals surface area contributed by atoms with Crippen LogP contribution in [0.5, 0.6) is 0 Å². The molecule has 0 bridgehead atoms. The number of nitrogens with one attached hydrogen (secondary N) is 1. The Labute approximate surface area is 189 Å². The maximum atomic E-state index is 14.2. The molecule has 1 atom stereocenters. The van der Waals surface area contributed by atoms with Crippen molar-refractivity contribution < 1.29 is 19.5 Å². The van der Waals surface area contributed by atoms with Gasteiger partial charge in [-0.1, -0.05) is 63.6 Å². The molecule has 0 saturated heterocycles. The second kappa shape index (κ2) is 9.43. The first-order chi connectivity index (χ1) is 15.4. The average Bonchev–Trinajstić information content (AvgIpc) is 2.91. The molecule has 0 radical (unpaired) electrons. The predicted molar refractivity (Wildman–Crippen MR) is 123 cm³/mol. The molecule has 1 unspecified atom stereocenters. The first-order valence-corrected chi connectivity index (χ1v) is 11.9. The number of para-hydroxylation sites is 1. The van der Waals surface area contributed by atoms with Crippen LogP contribution in [0.3, 0.4) is 0 Å². The highest BCUT2D eigenvalue weighted by atomic mass is 16.4. The van der Waals surface area contributed by atoms with Crippen molar-refractivity contribution in [2.75, 3.05) is 11.9 Å². The maximum Gasteiger partial charge on any atom is 0.342 e. The van der Waals surface area contributed by atoms with E-state index >= 15 is 0 Å². The molecule has 1 aromatic carbocycles. The summed E-state index contributed by atoms with van der Waals surface area (Å²) in [6.45, 7) is 1.54. The number of hydrogen-bond acceptors (Lipinski definition) is 4. The van der Waals surface area contributed by atoms with Gasteiger partial charge in [-0.3, -0.25) is 9.59 Å². The van der Waals surface area contributed by atoms with E-state index < -0.39 is 29.9 Å². The number of carbonyl (C=O) groups is 3. The Balaban J connectivity index is 1.83. The highest BCUT2D eigenvalue weighted by molar-refractivity contribution is 6.19. The van der Waals surface area contributed by atoms with Gasteiger partial charge in [-0.15, -0.1) is 0 Å². The second-order valence-corrected chi connectivity index (χ2v) is 9.77. The molecular weight excluding hydrogens is 406 g/mol. The van der Waals surface area contributed by atoms with Gasteiger partial charge in [0.15, 0.2) is 0 Å². The fourth-order valence-electron chi connectivity index (χ4n) is 5.67. The molecule has 1 aromatic rings. The lowest BCUT2D eigenvalue weighted by Crippen LogP contribution is -2.44. The predicted octanol–water partition coefficient (Wildman–Crippen LogP) is 5.06. The molecule has 172 valence electrons. The third kappa shape index (κ3) is 4.57. The van der Waals surface area contributed by atoms with E-state index in [1.807, 2.05) is 18.2 Å². The average molecular weight is 440 g/mol. The van der Waals surface area contributed by atoms with E-state index in [0.29, 0.717) is 11.4 Å². The fraction of sp³-hybridized carbons (Fsp3) is 0.600. The molecule has 7 heteroatoms. The highest BCUT2D eigenvalue weighted by Gasteiger charge is 2.45. The number of rotatable bonds is 6. The van der Waals surface area contributed by atoms with E-state index in [2.05, 4.69) is 17.3 Å². The van der Waals surface area contributed by atoms with Gasteiger partial charge in [0.2, 0.25) is 0 Å². The van der Waals surface area contributed by atoms with Crippen molar-refractivity contribution in [1.82, 2.24) is 5.01 Å². The van der Waals surface area contributed by atoms with Gasteiger partial charge < -0.3 is 10.4 Å². The van der Waals surface area contributed by atoms with Crippen LogP contribution in [-0.4, -0.2) is 40.2 Å². The summed E-state index contributed by atoms with van der Waals surface area (Å²) in [5, 5.41) is 17.7. The van der Waals surface area contributed by atoms with Crippen LogP contribution < -0.4 is 5.32 Å². The minimum Gasteiger partial charge on any atom is -0.480 e. The molecule has 32 heavy (non-hydrogen) atoms. The zero-order valence-electron chi connectivity index (χ0n) is 18.8. The van der Waals surface area contributed by atoms with E-state index in [1.54, 1.807) is 6.07 Å². The van der Waals surface area contributed by atoms with Gasteiger partial charge in [0, 0.05) is 11.0 Å². The Morgan fingerprint density at radius 3 is 2.47 bits per heavy atom. The van der Waals surface area contributed by atoms with E-state index in [9.17, 15) is 19.5 Å². The fourth-order valence-corrected chi connectivity index (χ4v) is 5.67. The van der Waals surface area contributed by atoms with Gasteiger partial charge in [-0.2, -0.15) is 5.10 Å². The minimum absolute atomic E-state index is 0.154. The number of hydrazone groups is 1. The number of amides is 2. The van der Waals surface area contributed by atoms with Crippen LogP contribution in [0.2, 0.25) is 0 Å². The molecule has 0 spiro atoms. The van der Waals surface area contributed by atoms with Crippen LogP contribution in [0.1, 0.15) is 76.7 Å². The van der Waals surface area contributed by atoms with Crippen LogP contribution >= 0.6 is 0 Å². The molecule has 3 aliphatic rings. The highest BCUT2D eigenvalue weighted by Crippen LogP contribution is 2.44. The molecular formula is C25H33N3O4. The lowest BCUT2D eigenvalue weighted by atomic mass is 9.63. The van der Waals surface area contributed by atoms with Crippen molar-refractivity contribution in [3.63, 3.8) is 0 Å². The van der Waals surface area contributed by atoms with Gasteiger partial charge >= 0.3 is 12.0 Å². The molecule has 1 aliphatic heterocycles. The summed E-state index contributed by atoms with van der Waals surface area (Å²) in [5.41, 5.74) is 1.44. The molecule has 2 amide bonds. The number of Topliss-reactive ketones (excluding diaryl/α,β-unsaturated/α-hetero) is 1. The summed E-state index contributed by atoms with van der Waals surface area (Å²) in [4.78, 5) is 38.4. The number of urea groups is 1. The topological polar surface area (TPSA) is 99.1 Å². The Kier molecular flexibility index (Phi) is 6.63. The summed E-state index contributed by atoms with van der Waals surface area (Å²) in [5.74, 6) is -1.22. The van der Waals surface area contributed by atoms with Crippen LogP contribution in [0, 0.1) is 17.3 Å². The zero-order valence-corrected chi connectivity index (χ0v) is 18.8. The van der Waals surface area contributed by atoms with Gasteiger partial charge in [-0.05, 0) is 37.7 Å². The molecule has 2 fully saturated rings. The van der Waals surface area contributed by atoms with E-state index in [-0.39, 0.29) is 11.7 Å². The summed E-state index contributed by atoms with van der Waals surface area (Å²) in [6.07, 6.45) is 10.2. The number of hydrogen-bond donors (Lipinski definition) is 2. The Morgan fingerprint density at radius 2 is 1.78 bits per heavy atom. The van der Waals surface area contributed by atoms with Gasteiger partial charge in [0.05, 0.1) is 17.3 Å². The number of anilines is 1. The number of carbonyl (C=O) groups excluding carboxylic acids is 2. The lowest BCUT2D eigenvalue weighted by Gasteiger charge is -2.39. The third-order valence-corrected chi connectivity index (χ3v) is 7.44. The Hall–Kier alpha value is -2.70. The molecule has 2 aliphatic carbocycles. The Bertz CT molecular complexity index is 914. The first-order valence-electron chi connectivity index (χ1n) is 11.9. The molecule has 0 aromatic heterocycles. The lowest BCUT2D eigenvalue weighted by molar-refractivity contribution is -0.137. The largest absolute Gasteiger partial charge is 0.480 e. The van der Waals surface area contributed by atoms with Crippen molar-refractivity contribution in [3.8, 4) is 0 Å². The number of carboxylic acids is 1. The monoisotopic (exact) mass is 439 g/mol. The van der Waals surface area contributed by atoms with Crippen molar-refractivity contribution in [1.29, 1.82) is 0 Å². The number of ketones is 1. The zero-order chi connectivity index (χ0) is 22.7. The summed E-state index contributed by atoms with van der Waals surface area (Å²) >= 11 is 0. The molecule has 1 heterocycles. The minimum atomic E-state index is -1.14. The number of benzene rings is 1. The number of nitrogens with zero attached hydrogens (tertiary/aromatic N) is 2. The standard InChI is InChI=1S/C25H33N3O4/c1-25(14-8-3-9-15-25)23(31)21(17-10-4-2-5-11-17)22-18-12-6-7-13-19(18)26-24(32)28(27-22)16-20(29)30/h6-7,12-13,17,21H,2-5,8-11,14-16H2,1H3,(H,26,32)(H,29,30). The quantitative estimate of drug-likeness (QED) is 0.647. The number of aliphatic carboxylic acids is 1. The van der Waals surface area contributed by atoms with E-state index in [0.717, 1.165) is 68.4 Å². The van der Waals surface area contributed by atoms with Crippen molar-refractivity contribution in [2.45, 2.75) is 71.1 Å². The summed E-state index contributed by atoms with van der Waals surface area (Å²) < 4.78 is 0. The van der Waals surface area contributed by atoms with E-state index in [4.69, 9.17) is 0 Å². The smallest absolute Gasteiger partial charge is 0.342 e. The van der Waals surface area contributed by atoms with Gasteiger partial charge in [0.1, 0.15) is 12.3 Å². The van der Waals surface area contributed by atoms with Crippen LogP contribution in [-0.2, 0) is 9.59 Å². The van der Waals surface area contributed by atoms with Crippen molar-refractivity contribution in [3.05, 3.63) is 29.8 Å². The maximum absolute atomic E-state index is 14.2. The molecule has 4 rings (SSSR count). The first kappa shape index (κ1) is 22.5. The summed E-state index contributed by atoms with van der Waals surface area (Å²) in [7, 11) is 0. The molecule has 2 saturated carbocycles. The number of carboxylic acid groups (broad SMARTS) is 1. The van der Waals surface area contributed by atoms with Crippen molar-refractivity contribution >= 4 is 29.2 Å². The van der Waals surface area contributed by atoms with Gasteiger partial charge in [-0.25, -0.2) is 9.80 Å². The van der Waals surface area contributed by atoms with Crippen LogP contribution in [0.25, 0.3) is 0 Å². The SMILES string of the molecule is CC1(C(=O)C(C2=NN(CC(=O)O)C(=O)Nc3ccccc32)C2CCCCC2)CCCCC1. The normalized spacial score (nSPS) is 22.2. The Morgan fingerprint density at radius 1 is 1.12 bits per heavy atom. The van der Waals surface area contributed by atoms with Gasteiger partial charge in [0.25, 0.3) is 0 Å². The third-order valence-electron chi connectivity index (χ3n) is 7.44. The molecule has 2 N–H and O–H groups in total. The summed E-state index contributed by atoms with van der Waals surface area (Å²) in [6, 6.07) is 6.78. The molecule has 7 nitrogen and oxygen atoms in total. The second-order valence-electron chi connectivity index (χ2n) is 9.77. The van der Waals surface area contributed by atoms with Crippen molar-refractivity contribution in [2.24, 2.45) is 22.4 Å². The number of fused-ring (bicyclic) bond motifs is 1.